The van der Waals surface area contributed by atoms with Gasteiger partial charge in [0, 0.05) is 44.1 Å². The van der Waals surface area contributed by atoms with E-state index in [-0.39, 0.29) is 32.7 Å². The quantitative estimate of drug-likeness (QED) is 0.144. The molecular weight excluding hydrogens is 495 g/mol. The molecule has 0 atom stereocenters. The van der Waals surface area contributed by atoms with Gasteiger partial charge in [-0.2, -0.15) is 18.2 Å². The molecule has 0 unspecified atom stereocenters. The van der Waals surface area contributed by atoms with Gasteiger partial charge >= 0.3 is 0 Å². The molecule has 4 heteroatoms. The van der Waals surface area contributed by atoms with Gasteiger partial charge in [-0.25, -0.2) is 0 Å². The third kappa shape index (κ3) is 9.43. The van der Waals surface area contributed by atoms with Crippen LogP contribution in [0.5, 0.6) is 11.5 Å². The van der Waals surface area contributed by atoms with Crippen molar-refractivity contribution in [3.8, 4) is 11.5 Å². The first-order valence-corrected chi connectivity index (χ1v) is 12.5. The van der Waals surface area contributed by atoms with Crippen molar-refractivity contribution in [1.29, 1.82) is 0 Å². The molecular formula is C30H38NO2Y-. The van der Waals surface area contributed by atoms with Crippen LogP contribution in [0.1, 0.15) is 65.2 Å². The van der Waals surface area contributed by atoms with Gasteiger partial charge in [-0.05, 0) is 61.4 Å². The minimum absolute atomic E-state index is 0. The number of ether oxygens (including phenoxy) is 2. The van der Waals surface area contributed by atoms with Crippen LogP contribution in [0.2, 0.25) is 0 Å². The number of nitrogens with zero attached hydrogens (tertiary/aromatic N) is 1. The standard InChI is InChI=1S/C30H38NO2.Y/c1-3-5-7-12-24-32-29-20-16-27(17-21-29)31(26-14-10-9-11-15-26)28-18-22-30(23-19-28)33-25-13-8-6-4-2;/h10-11,14-23H,3-8,12-13,24-25H2,1-2H3;/q-1;. The molecule has 0 heterocycles. The summed E-state index contributed by atoms with van der Waals surface area (Å²) in [5.74, 6) is 1.84. The molecule has 1 radical (unpaired) electrons. The molecule has 3 nitrogen and oxygen atoms in total. The van der Waals surface area contributed by atoms with Crippen molar-refractivity contribution in [2.45, 2.75) is 65.2 Å². The average Bonchev–Trinajstić information content (AvgIpc) is 2.86. The van der Waals surface area contributed by atoms with Crippen LogP contribution in [0.3, 0.4) is 0 Å². The number of hydrogen-bond acceptors (Lipinski definition) is 3. The largest absolute Gasteiger partial charge is 0.494 e. The Kier molecular flexibility index (Phi) is 14.0. The van der Waals surface area contributed by atoms with E-state index in [4.69, 9.17) is 9.47 Å². The van der Waals surface area contributed by atoms with Crippen LogP contribution in [0.25, 0.3) is 0 Å². The van der Waals surface area contributed by atoms with Crippen LogP contribution in [0.15, 0.2) is 72.8 Å². The SMILES string of the molecule is CCCCCCOc1ccc(N(c2cc[c-]cc2)c2ccc(OCCCCCC)cc2)cc1.[Y]. The van der Waals surface area contributed by atoms with Crippen molar-refractivity contribution in [2.24, 2.45) is 0 Å². The minimum atomic E-state index is 0. The van der Waals surface area contributed by atoms with Crippen molar-refractivity contribution < 1.29 is 42.2 Å². The van der Waals surface area contributed by atoms with Crippen LogP contribution in [-0.2, 0) is 32.7 Å². The zero-order chi connectivity index (χ0) is 23.1. The summed E-state index contributed by atoms with van der Waals surface area (Å²) in [4.78, 5) is 2.24. The Labute approximate surface area is 231 Å². The molecule has 3 aromatic rings. The average molecular weight is 534 g/mol. The summed E-state index contributed by atoms with van der Waals surface area (Å²) < 4.78 is 11.9. The Morgan fingerprint density at radius 3 is 1.38 bits per heavy atom. The topological polar surface area (TPSA) is 21.7 Å². The Bertz CT molecular complexity index is 840. The third-order valence-corrected chi connectivity index (χ3v) is 5.68. The summed E-state index contributed by atoms with van der Waals surface area (Å²) in [7, 11) is 0. The summed E-state index contributed by atoms with van der Waals surface area (Å²) in [6, 6.07) is 27.9. The molecule has 34 heavy (non-hydrogen) atoms. The Hall–Kier alpha value is -1.84. The smallest absolute Gasteiger partial charge is 0.119 e. The maximum Gasteiger partial charge on any atom is 0.119 e. The molecule has 0 N–H and O–H groups in total. The number of unbranched alkanes of at least 4 members (excludes halogenated alkanes) is 6. The van der Waals surface area contributed by atoms with E-state index in [1.165, 1.54) is 38.5 Å². The molecule has 0 aliphatic rings. The second-order valence-corrected chi connectivity index (χ2v) is 8.40. The second-order valence-electron chi connectivity index (χ2n) is 8.40. The number of anilines is 3. The van der Waals surface area contributed by atoms with Crippen molar-refractivity contribution >= 4 is 17.1 Å². The van der Waals surface area contributed by atoms with Gasteiger partial charge in [0.05, 0.1) is 13.2 Å². The monoisotopic (exact) mass is 533 g/mol. The second kappa shape index (κ2) is 16.7. The molecule has 0 aliphatic carbocycles. The maximum atomic E-state index is 5.94. The fourth-order valence-corrected chi connectivity index (χ4v) is 3.79. The van der Waals surface area contributed by atoms with Crippen LogP contribution in [0, 0.1) is 6.07 Å². The van der Waals surface area contributed by atoms with Crippen molar-refractivity contribution in [2.75, 3.05) is 18.1 Å². The normalized spacial score (nSPS) is 10.4. The van der Waals surface area contributed by atoms with Gasteiger partial charge in [0.2, 0.25) is 0 Å². The first-order chi connectivity index (χ1) is 16.3. The van der Waals surface area contributed by atoms with Crippen LogP contribution in [-0.4, -0.2) is 13.2 Å². The first kappa shape index (κ1) is 28.4. The molecule has 3 aromatic carbocycles. The van der Waals surface area contributed by atoms with E-state index in [0.717, 1.165) is 54.6 Å². The van der Waals surface area contributed by atoms with Gasteiger partial charge in [0.1, 0.15) is 11.5 Å². The molecule has 0 spiro atoms. The predicted octanol–water partition coefficient (Wildman–Crippen LogP) is 8.87. The fourth-order valence-electron chi connectivity index (χ4n) is 3.79. The maximum absolute atomic E-state index is 5.94. The number of benzene rings is 3. The summed E-state index contributed by atoms with van der Waals surface area (Å²) in [5.41, 5.74) is 3.27. The molecule has 0 saturated heterocycles. The first-order valence-electron chi connectivity index (χ1n) is 12.5. The Balaban J connectivity index is 0.00000408. The molecule has 0 fully saturated rings. The van der Waals surface area contributed by atoms with Crippen molar-refractivity contribution in [3.63, 3.8) is 0 Å². The Morgan fingerprint density at radius 1 is 0.559 bits per heavy atom. The zero-order valence-corrected chi connectivity index (χ0v) is 23.7. The summed E-state index contributed by atoms with van der Waals surface area (Å²) >= 11 is 0. The van der Waals surface area contributed by atoms with Crippen molar-refractivity contribution in [3.05, 3.63) is 78.9 Å². The van der Waals surface area contributed by atoms with Gasteiger partial charge in [0.25, 0.3) is 0 Å². The fraction of sp³-hybridized carbons (Fsp3) is 0.400. The molecule has 179 valence electrons. The number of hydrogen-bond donors (Lipinski definition) is 0. The van der Waals surface area contributed by atoms with E-state index in [1.807, 2.05) is 12.1 Å². The van der Waals surface area contributed by atoms with Gasteiger partial charge in [-0.15, -0.1) is 12.1 Å². The molecule has 0 bridgehead atoms. The van der Waals surface area contributed by atoms with E-state index in [1.54, 1.807) is 0 Å². The van der Waals surface area contributed by atoms with E-state index < -0.39 is 0 Å². The van der Waals surface area contributed by atoms with E-state index in [2.05, 4.69) is 85.5 Å². The summed E-state index contributed by atoms with van der Waals surface area (Å²) in [5, 5.41) is 0. The summed E-state index contributed by atoms with van der Waals surface area (Å²) in [6.07, 6.45) is 9.70. The molecule has 0 aromatic heterocycles. The van der Waals surface area contributed by atoms with Gasteiger partial charge in [-0.3, -0.25) is 0 Å². The van der Waals surface area contributed by atoms with Crippen LogP contribution in [0.4, 0.5) is 17.1 Å². The zero-order valence-electron chi connectivity index (χ0n) is 20.8. The van der Waals surface area contributed by atoms with E-state index >= 15 is 0 Å². The van der Waals surface area contributed by atoms with Crippen molar-refractivity contribution in [1.82, 2.24) is 0 Å². The molecule has 0 saturated carbocycles. The van der Waals surface area contributed by atoms with E-state index in [0.29, 0.717) is 0 Å². The van der Waals surface area contributed by atoms with Crippen LogP contribution >= 0.6 is 0 Å². The Morgan fingerprint density at radius 2 is 0.971 bits per heavy atom. The minimum Gasteiger partial charge on any atom is -0.494 e. The molecule has 0 aliphatic heterocycles. The van der Waals surface area contributed by atoms with Gasteiger partial charge in [0.15, 0.2) is 0 Å². The number of rotatable bonds is 15. The molecule has 0 amide bonds. The van der Waals surface area contributed by atoms with Gasteiger partial charge in [-0.1, -0.05) is 58.1 Å². The predicted molar refractivity (Wildman–Crippen MR) is 139 cm³/mol. The third-order valence-electron chi connectivity index (χ3n) is 5.68. The molecule has 3 rings (SSSR count). The van der Waals surface area contributed by atoms with Crippen LogP contribution < -0.4 is 14.4 Å². The van der Waals surface area contributed by atoms with Gasteiger partial charge < -0.3 is 14.4 Å². The summed E-state index contributed by atoms with van der Waals surface area (Å²) in [6.45, 7) is 6.01. The van der Waals surface area contributed by atoms with E-state index in [9.17, 15) is 0 Å².